The summed E-state index contributed by atoms with van der Waals surface area (Å²) in [6.45, 7) is 17.0. The van der Waals surface area contributed by atoms with E-state index < -0.39 is 0 Å². The van der Waals surface area contributed by atoms with E-state index in [1.165, 1.54) is 13.0 Å². The number of carbonyl (C=O) groups excluding carboxylic acids is 1. The van der Waals surface area contributed by atoms with Gasteiger partial charge in [0, 0.05) is 25.0 Å². The summed E-state index contributed by atoms with van der Waals surface area (Å²) in [4.78, 5) is 20.9. The number of guanidine groups is 1. The van der Waals surface area contributed by atoms with E-state index in [1.54, 1.807) is 0 Å². The molecular formula is C22H47IN6O. The highest BCUT2D eigenvalue weighted by atomic mass is 127. The number of carbonyl (C=O) groups is 1. The molecule has 178 valence electrons. The van der Waals surface area contributed by atoms with E-state index in [1.807, 2.05) is 0 Å². The van der Waals surface area contributed by atoms with E-state index in [-0.39, 0.29) is 35.8 Å². The number of halogens is 1. The Morgan fingerprint density at radius 3 is 2.40 bits per heavy atom. The number of aliphatic imine (C=N–C) groups is 1. The van der Waals surface area contributed by atoms with Crippen molar-refractivity contribution in [3.05, 3.63) is 0 Å². The van der Waals surface area contributed by atoms with Crippen molar-refractivity contribution in [2.24, 2.45) is 16.6 Å². The van der Waals surface area contributed by atoms with Gasteiger partial charge in [0.25, 0.3) is 0 Å². The predicted molar refractivity (Wildman–Crippen MR) is 139 cm³/mol. The Morgan fingerprint density at radius 2 is 1.83 bits per heavy atom. The Bertz CT molecular complexity index is 465. The van der Waals surface area contributed by atoms with Crippen LogP contribution in [-0.4, -0.2) is 80.1 Å². The highest BCUT2D eigenvalue weighted by molar-refractivity contribution is 14.0. The maximum absolute atomic E-state index is 11.2. The van der Waals surface area contributed by atoms with Gasteiger partial charge >= 0.3 is 0 Å². The van der Waals surface area contributed by atoms with Gasteiger partial charge in [-0.3, -0.25) is 9.79 Å². The van der Waals surface area contributed by atoms with Gasteiger partial charge in [-0.15, -0.1) is 24.0 Å². The molecule has 0 aromatic carbocycles. The van der Waals surface area contributed by atoms with Crippen molar-refractivity contribution in [3.63, 3.8) is 0 Å². The van der Waals surface area contributed by atoms with Crippen LogP contribution in [0.25, 0.3) is 0 Å². The lowest BCUT2D eigenvalue weighted by Gasteiger charge is -2.30. The van der Waals surface area contributed by atoms with Crippen LogP contribution in [0.3, 0.4) is 0 Å². The molecule has 0 aliphatic carbocycles. The number of amides is 1. The third kappa shape index (κ3) is 12.9. The van der Waals surface area contributed by atoms with E-state index in [2.05, 4.69) is 48.1 Å². The zero-order valence-electron chi connectivity index (χ0n) is 19.8. The second-order valence-electron chi connectivity index (χ2n) is 8.20. The lowest BCUT2D eigenvalue weighted by Crippen LogP contribution is -2.42. The Kier molecular flexibility index (Phi) is 17.6. The average Bonchev–Trinajstić information content (AvgIpc) is 2.71. The topological polar surface area (TPSA) is 86.0 Å². The summed E-state index contributed by atoms with van der Waals surface area (Å²) >= 11 is 0. The van der Waals surface area contributed by atoms with Crippen molar-refractivity contribution in [1.29, 1.82) is 0 Å². The first-order valence-corrected chi connectivity index (χ1v) is 11.8. The Labute approximate surface area is 202 Å². The minimum atomic E-state index is -0.135. The van der Waals surface area contributed by atoms with Gasteiger partial charge in [0.15, 0.2) is 5.96 Å². The fourth-order valence-corrected chi connectivity index (χ4v) is 3.87. The van der Waals surface area contributed by atoms with Crippen LogP contribution in [0.5, 0.6) is 0 Å². The molecule has 30 heavy (non-hydrogen) atoms. The molecule has 8 heteroatoms. The van der Waals surface area contributed by atoms with E-state index in [9.17, 15) is 4.79 Å². The Morgan fingerprint density at radius 1 is 1.17 bits per heavy atom. The van der Waals surface area contributed by atoms with E-state index in [0.717, 1.165) is 83.9 Å². The molecule has 1 saturated heterocycles. The van der Waals surface area contributed by atoms with Crippen LogP contribution in [-0.2, 0) is 4.79 Å². The summed E-state index contributed by atoms with van der Waals surface area (Å²) < 4.78 is 0. The highest BCUT2D eigenvalue weighted by Crippen LogP contribution is 2.16. The number of nitrogens with zero attached hydrogens (tertiary/aromatic N) is 3. The molecule has 0 bridgehead atoms. The number of nitrogens with one attached hydrogen (secondary N) is 2. The minimum Gasteiger partial charge on any atom is -0.369 e. The summed E-state index contributed by atoms with van der Waals surface area (Å²) in [5.41, 5.74) is 5.41. The van der Waals surface area contributed by atoms with Gasteiger partial charge in [-0.2, -0.15) is 0 Å². The van der Waals surface area contributed by atoms with Crippen molar-refractivity contribution in [3.8, 4) is 0 Å². The lowest BCUT2D eigenvalue weighted by molar-refractivity contribution is -0.123. The number of likely N-dealkylation sites (tertiary alicyclic amines) is 1. The number of unbranched alkanes of at least 4 members (excludes halogenated alkanes) is 1. The van der Waals surface area contributed by atoms with Gasteiger partial charge in [0.05, 0.1) is 0 Å². The van der Waals surface area contributed by atoms with Crippen LogP contribution >= 0.6 is 24.0 Å². The molecule has 4 N–H and O–H groups in total. The van der Waals surface area contributed by atoms with Crippen LogP contribution in [0.2, 0.25) is 0 Å². The molecule has 1 unspecified atom stereocenters. The van der Waals surface area contributed by atoms with Gasteiger partial charge in [-0.1, -0.05) is 13.8 Å². The molecule has 7 nitrogen and oxygen atoms in total. The van der Waals surface area contributed by atoms with Crippen molar-refractivity contribution in [1.82, 2.24) is 20.4 Å². The maximum Gasteiger partial charge on any atom is 0.220 e. The third-order valence-corrected chi connectivity index (χ3v) is 5.88. The molecule has 1 fully saturated rings. The van der Waals surface area contributed by atoms with Crippen LogP contribution in [0.1, 0.15) is 66.2 Å². The van der Waals surface area contributed by atoms with Gasteiger partial charge in [-0.25, -0.2) is 0 Å². The molecule has 0 aromatic heterocycles. The van der Waals surface area contributed by atoms with E-state index >= 15 is 0 Å². The summed E-state index contributed by atoms with van der Waals surface area (Å²) in [6, 6.07) is 0.426. The SMILES string of the molecule is CCNC(=NCCCCN1CCC(C(N)=O)CC1)NC(C)CCCN(CC)CC.I. The van der Waals surface area contributed by atoms with Gasteiger partial charge in [0.1, 0.15) is 0 Å². The number of piperidine rings is 1. The maximum atomic E-state index is 11.2. The van der Waals surface area contributed by atoms with Crippen molar-refractivity contribution >= 4 is 35.8 Å². The summed E-state index contributed by atoms with van der Waals surface area (Å²) in [5, 5.41) is 6.91. The summed E-state index contributed by atoms with van der Waals surface area (Å²) in [6.07, 6.45) is 6.42. The zero-order valence-corrected chi connectivity index (χ0v) is 22.1. The molecule has 1 aliphatic rings. The number of rotatable bonds is 14. The highest BCUT2D eigenvalue weighted by Gasteiger charge is 2.22. The van der Waals surface area contributed by atoms with E-state index in [4.69, 9.17) is 10.7 Å². The predicted octanol–water partition coefficient (Wildman–Crippen LogP) is 2.65. The van der Waals surface area contributed by atoms with Crippen LogP contribution < -0.4 is 16.4 Å². The van der Waals surface area contributed by atoms with Gasteiger partial charge < -0.3 is 26.2 Å². The molecule has 1 aliphatic heterocycles. The van der Waals surface area contributed by atoms with Crippen LogP contribution in [0.15, 0.2) is 4.99 Å². The first kappa shape index (κ1) is 29.4. The summed E-state index contributed by atoms with van der Waals surface area (Å²) in [5.74, 6) is 0.883. The van der Waals surface area contributed by atoms with Crippen molar-refractivity contribution in [2.45, 2.75) is 72.3 Å². The Balaban J connectivity index is 0.00000841. The first-order valence-electron chi connectivity index (χ1n) is 11.8. The molecule has 0 radical (unpaired) electrons. The second-order valence-corrected chi connectivity index (χ2v) is 8.20. The normalized spacial score (nSPS) is 16.9. The number of hydrogen-bond acceptors (Lipinski definition) is 4. The number of primary amides is 1. The monoisotopic (exact) mass is 538 g/mol. The third-order valence-electron chi connectivity index (χ3n) is 5.88. The second kappa shape index (κ2) is 18.0. The lowest BCUT2D eigenvalue weighted by atomic mass is 9.96. The fraction of sp³-hybridized carbons (Fsp3) is 0.909. The Hall–Kier alpha value is -0.610. The molecule has 0 saturated carbocycles. The first-order chi connectivity index (χ1) is 14.0. The van der Waals surface area contributed by atoms with Gasteiger partial charge in [-0.05, 0) is 91.6 Å². The minimum absolute atomic E-state index is 0. The molecule has 1 heterocycles. The van der Waals surface area contributed by atoms with E-state index in [0.29, 0.717) is 6.04 Å². The molecular weight excluding hydrogens is 491 g/mol. The standard InChI is InChI=1S/C22H46N6O.HI/c1-5-24-22(26-19(4)11-10-16-27(6-2)7-3)25-14-8-9-15-28-17-12-20(13-18-28)21(23)29;/h19-20H,5-18H2,1-4H3,(H2,23,29)(H2,24,25,26);1H. The van der Waals surface area contributed by atoms with Crippen LogP contribution in [0, 0.1) is 5.92 Å². The zero-order chi connectivity index (χ0) is 21.5. The quantitative estimate of drug-likeness (QED) is 0.137. The molecule has 0 aromatic rings. The van der Waals surface area contributed by atoms with Crippen LogP contribution in [0.4, 0.5) is 0 Å². The largest absolute Gasteiger partial charge is 0.369 e. The number of hydrogen-bond donors (Lipinski definition) is 3. The smallest absolute Gasteiger partial charge is 0.220 e. The average molecular weight is 539 g/mol. The molecule has 1 rings (SSSR count). The van der Waals surface area contributed by atoms with Gasteiger partial charge in [0.2, 0.25) is 5.91 Å². The molecule has 1 atom stereocenters. The number of nitrogens with two attached hydrogens (primary N) is 1. The summed E-state index contributed by atoms with van der Waals surface area (Å²) in [7, 11) is 0. The molecule has 1 amide bonds. The van der Waals surface area contributed by atoms with Crippen molar-refractivity contribution in [2.75, 3.05) is 52.4 Å². The molecule has 0 spiro atoms. The fourth-order valence-electron chi connectivity index (χ4n) is 3.87. The van der Waals surface area contributed by atoms with Crippen molar-refractivity contribution < 1.29 is 4.79 Å².